The number of carboxylic acids is 1. The lowest BCUT2D eigenvalue weighted by Gasteiger charge is -2.13. The lowest BCUT2D eigenvalue weighted by molar-refractivity contribution is 0.0696. The molecule has 3 N–H and O–H groups in total. The highest BCUT2D eigenvalue weighted by molar-refractivity contribution is 5.98. The zero-order valence-corrected chi connectivity index (χ0v) is 17.0. The Kier molecular flexibility index (Phi) is 5.96. The van der Waals surface area contributed by atoms with E-state index >= 15 is 0 Å². The Balaban J connectivity index is 1.53. The smallest absolute Gasteiger partial charge is 0.335 e. The van der Waals surface area contributed by atoms with Crippen molar-refractivity contribution in [3.05, 3.63) is 119 Å². The average Bonchev–Trinajstić information content (AvgIpc) is 2.82. The van der Waals surface area contributed by atoms with Crippen molar-refractivity contribution in [3.8, 4) is 0 Å². The van der Waals surface area contributed by atoms with Gasteiger partial charge in [-0.15, -0.1) is 0 Å². The van der Waals surface area contributed by atoms with Crippen LogP contribution in [0.4, 0.5) is 4.39 Å². The number of carbonyl (C=O) groups is 2. The van der Waals surface area contributed by atoms with E-state index < -0.39 is 12.1 Å². The summed E-state index contributed by atoms with van der Waals surface area (Å²) >= 11 is 0. The summed E-state index contributed by atoms with van der Waals surface area (Å²) in [5.74, 6) is -1.61. The van der Waals surface area contributed by atoms with Crippen molar-refractivity contribution in [1.29, 1.82) is 0 Å². The summed E-state index contributed by atoms with van der Waals surface area (Å²) in [5.41, 5.74) is 2.61. The predicted octanol–water partition coefficient (Wildman–Crippen LogP) is 4.69. The number of hydrogen-bond donors (Lipinski definition) is 3. The van der Waals surface area contributed by atoms with Gasteiger partial charge in [0, 0.05) is 12.1 Å². The van der Waals surface area contributed by atoms with E-state index in [1.54, 1.807) is 42.5 Å². The second kappa shape index (κ2) is 8.99. The largest absolute Gasteiger partial charge is 0.478 e. The lowest BCUT2D eigenvalue weighted by atomic mass is 9.97. The van der Waals surface area contributed by atoms with E-state index in [9.17, 15) is 19.1 Å². The number of fused-ring (bicyclic) bond motifs is 1. The molecule has 4 rings (SSSR count). The van der Waals surface area contributed by atoms with Crippen molar-refractivity contribution in [2.45, 2.75) is 12.6 Å². The van der Waals surface area contributed by atoms with Gasteiger partial charge in [0.15, 0.2) is 0 Å². The summed E-state index contributed by atoms with van der Waals surface area (Å²) in [6.07, 6.45) is -0.932. The van der Waals surface area contributed by atoms with Crippen LogP contribution < -0.4 is 5.32 Å². The Bertz CT molecular complexity index is 1280. The number of nitrogens with one attached hydrogen (secondary N) is 1. The number of halogens is 1. The van der Waals surface area contributed by atoms with Crippen molar-refractivity contribution in [1.82, 2.24) is 5.32 Å². The minimum absolute atomic E-state index is 0.149. The van der Waals surface area contributed by atoms with Gasteiger partial charge in [0.05, 0.1) is 5.56 Å². The summed E-state index contributed by atoms with van der Waals surface area (Å²) in [7, 11) is 0. The first-order valence-electron chi connectivity index (χ1n) is 9.98. The van der Waals surface area contributed by atoms with E-state index in [0.717, 1.165) is 16.3 Å². The number of aliphatic hydroxyl groups excluding tert-OH is 1. The van der Waals surface area contributed by atoms with Gasteiger partial charge in [-0.2, -0.15) is 0 Å². The summed E-state index contributed by atoms with van der Waals surface area (Å²) in [6.45, 7) is 0.280. The van der Waals surface area contributed by atoms with Gasteiger partial charge in [-0.1, -0.05) is 42.5 Å². The molecule has 0 aliphatic heterocycles. The van der Waals surface area contributed by atoms with E-state index in [4.69, 9.17) is 5.11 Å². The Morgan fingerprint density at radius 2 is 1.41 bits per heavy atom. The minimum Gasteiger partial charge on any atom is -0.478 e. The van der Waals surface area contributed by atoms with Crippen LogP contribution in [0.1, 0.15) is 43.5 Å². The Morgan fingerprint density at radius 1 is 0.781 bits per heavy atom. The molecular formula is C26H20FNO4. The van der Waals surface area contributed by atoms with Crippen molar-refractivity contribution >= 4 is 22.6 Å². The van der Waals surface area contributed by atoms with Crippen molar-refractivity contribution in [3.63, 3.8) is 0 Å². The van der Waals surface area contributed by atoms with Gasteiger partial charge in [0.25, 0.3) is 5.91 Å². The molecule has 0 bridgehead atoms. The predicted molar refractivity (Wildman–Crippen MR) is 119 cm³/mol. The molecule has 4 aromatic rings. The van der Waals surface area contributed by atoms with Gasteiger partial charge in [-0.05, 0) is 69.9 Å². The van der Waals surface area contributed by atoms with Crippen LogP contribution in [0, 0.1) is 5.82 Å². The van der Waals surface area contributed by atoms with Gasteiger partial charge in [0.1, 0.15) is 11.9 Å². The number of hydrogen-bond acceptors (Lipinski definition) is 3. The standard InChI is InChI=1S/C26H20FNO4/c27-23-11-1-16(2-12-23)15-28-25(30)21-10-4-17-3-9-20(13-22(17)14-21)24(29)18-5-7-19(8-6-18)26(31)32/h1-14,24,29H,15H2,(H,28,30)(H,31,32). The number of rotatable bonds is 6. The number of aliphatic hydroxyl groups is 1. The molecule has 5 nitrogen and oxygen atoms in total. The molecule has 0 saturated heterocycles. The number of carboxylic acid groups (broad SMARTS) is 1. The normalized spacial score (nSPS) is 11.8. The minimum atomic E-state index is -1.03. The third-order valence-corrected chi connectivity index (χ3v) is 5.28. The fourth-order valence-electron chi connectivity index (χ4n) is 3.46. The lowest BCUT2D eigenvalue weighted by Crippen LogP contribution is -2.22. The molecule has 0 fully saturated rings. The zero-order valence-electron chi connectivity index (χ0n) is 17.0. The fraction of sp³-hybridized carbons (Fsp3) is 0.0769. The van der Waals surface area contributed by atoms with Gasteiger partial charge >= 0.3 is 5.97 Å². The van der Waals surface area contributed by atoms with Crippen LogP contribution in [0.5, 0.6) is 0 Å². The molecule has 6 heteroatoms. The van der Waals surface area contributed by atoms with Crippen molar-refractivity contribution in [2.75, 3.05) is 0 Å². The van der Waals surface area contributed by atoms with Gasteiger partial charge in [-0.3, -0.25) is 4.79 Å². The van der Waals surface area contributed by atoms with E-state index in [1.165, 1.54) is 24.3 Å². The highest BCUT2D eigenvalue weighted by atomic mass is 19.1. The summed E-state index contributed by atoms with van der Waals surface area (Å²) in [5, 5.41) is 24.3. The second-order valence-electron chi connectivity index (χ2n) is 7.46. The molecule has 0 saturated carbocycles. The van der Waals surface area contributed by atoms with Crippen LogP contribution in [0.2, 0.25) is 0 Å². The molecule has 0 aliphatic rings. The van der Waals surface area contributed by atoms with Gasteiger partial charge < -0.3 is 15.5 Å². The van der Waals surface area contributed by atoms with Crippen LogP contribution in [0.15, 0.2) is 84.9 Å². The Labute approximate surface area is 183 Å². The number of carbonyl (C=O) groups excluding carboxylic acids is 1. The molecule has 0 heterocycles. The quantitative estimate of drug-likeness (QED) is 0.415. The molecule has 32 heavy (non-hydrogen) atoms. The molecule has 160 valence electrons. The second-order valence-corrected chi connectivity index (χ2v) is 7.46. The first-order valence-corrected chi connectivity index (χ1v) is 9.98. The molecule has 1 atom stereocenters. The molecule has 4 aromatic carbocycles. The maximum atomic E-state index is 13.0. The number of benzene rings is 4. The number of aromatic carboxylic acids is 1. The highest BCUT2D eigenvalue weighted by Gasteiger charge is 2.13. The Morgan fingerprint density at radius 3 is 2.09 bits per heavy atom. The molecule has 1 unspecified atom stereocenters. The van der Waals surface area contributed by atoms with Gasteiger partial charge in [0.2, 0.25) is 0 Å². The molecule has 0 aliphatic carbocycles. The maximum Gasteiger partial charge on any atom is 0.335 e. The molecule has 0 aromatic heterocycles. The van der Waals surface area contributed by atoms with Crippen LogP contribution in [-0.2, 0) is 6.54 Å². The molecule has 0 spiro atoms. The summed E-state index contributed by atoms with van der Waals surface area (Å²) in [6, 6.07) is 22.8. The van der Waals surface area contributed by atoms with E-state index in [-0.39, 0.29) is 23.8 Å². The summed E-state index contributed by atoms with van der Waals surface area (Å²) < 4.78 is 13.0. The van der Waals surface area contributed by atoms with Gasteiger partial charge in [-0.25, -0.2) is 9.18 Å². The topological polar surface area (TPSA) is 86.6 Å². The zero-order chi connectivity index (χ0) is 22.7. The van der Waals surface area contributed by atoms with E-state index in [2.05, 4.69) is 5.32 Å². The van der Waals surface area contributed by atoms with Crippen LogP contribution in [0.25, 0.3) is 10.8 Å². The third-order valence-electron chi connectivity index (χ3n) is 5.28. The average molecular weight is 429 g/mol. The first kappa shape index (κ1) is 21.2. The maximum absolute atomic E-state index is 13.0. The molecule has 0 radical (unpaired) electrons. The third kappa shape index (κ3) is 4.66. The SMILES string of the molecule is O=C(O)c1ccc(C(O)c2ccc3ccc(C(=O)NCc4ccc(F)cc4)cc3c2)cc1. The number of amides is 1. The Hall–Kier alpha value is -4.03. The van der Waals surface area contributed by atoms with Crippen molar-refractivity contribution in [2.24, 2.45) is 0 Å². The van der Waals surface area contributed by atoms with E-state index in [1.807, 2.05) is 18.2 Å². The monoisotopic (exact) mass is 429 g/mol. The van der Waals surface area contributed by atoms with Crippen molar-refractivity contribution < 1.29 is 24.2 Å². The fourth-order valence-corrected chi connectivity index (χ4v) is 3.46. The summed E-state index contributed by atoms with van der Waals surface area (Å²) in [4.78, 5) is 23.6. The molecular weight excluding hydrogens is 409 g/mol. The van der Waals surface area contributed by atoms with Crippen LogP contribution in [-0.4, -0.2) is 22.1 Å². The van der Waals surface area contributed by atoms with E-state index in [0.29, 0.717) is 16.7 Å². The molecule has 1 amide bonds. The highest BCUT2D eigenvalue weighted by Crippen LogP contribution is 2.26. The first-order chi connectivity index (χ1) is 15.4. The van der Waals surface area contributed by atoms with Crippen LogP contribution in [0.3, 0.4) is 0 Å². The van der Waals surface area contributed by atoms with Crippen LogP contribution >= 0.6 is 0 Å².